The summed E-state index contributed by atoms with van der Waals surface area (Å²) in [6, 6.07) is 18.0. The molecule has 2 aromatic rings. The maximum atomic E-state index is 12.6. The van der Waals surface area contributed by atoms with Gasteiger partial charge in [0.05, 0.1) is 0 Å². The second-order valence-electron chi connectivity index (χ2n) is 5.18. The van der Waals surface area contributed by atoms with Crippen molar-refractivity contribution in [1.29, 1.82) is 0 Å². The summed E-state index contributed by atoms with van der Waals surface area (Å²) in [5, 5.41) is 16.4. The highest BCUT2D eigenvalue weighted by atomic mass is 16.3. The number of hydrazone groups is 1. The molecule has 0 aromatic heterocycles. The molecule has 1 amide bonds. The van der Waals surface area contributed by atoms with Crippen molar-refractivity contribution in [2.45, 2.75) is 19.1 Å². The largest absolute Gasteiger partial charge is 0.365 e. The molecule has 2 aromatic carbocycles. The van der Waals surface area contributed by atoms with Crippen molar-refractivity contribution < 1.29 is 9.90 Å². The fourth-order valence-corrected chi connectivity index (χ4v) is 2.57. The van der Waals surface area contributed by atoms with Crippen LogP contribution in [-0.2, 0) is 5.72 Å². The third kappa shape index (κ3) is 2.34. The van der Waals surface area contributed by atoms with Crippen LogP contribution < -0.4 is 0 Å². The highest BCUT2D eigenvalue weighted by molar-refractivity contribution is 5.97. The first-order chi connectivity index (χ1) is 10.1. The van der Waals surface area contributed by atoms with Gasteiger partial charge in [-0.2, -0.15) is 10.1 Å². The highest BCUT2D eigenvalue weighted by Gasteiger charge is 2.44. The van der Waals surface area contributed by atoms with Gasteiger partial charge in [-0.15, -0.1) is 0 Å². The lowest BCUT2D eigenvalue weighted by atomic mass is 9.97. The Morgan fingerprint density at radius 3 is 2.29 bits per heavy atom. The molecule has 0 aliphatic carbocycles. The maximum absolute atomic E-state index is 12.6. The van der Waals surface area contributed by atoms with E-state index in [9.17, 15) is 9.90 Å². The van der Waals surface area contributed by atoms with Crippen LogP contribution in [-0.4, -0.2) is 21.7 Å². The fourth-order valence-electron chi connectivity index (χ4n) is 2.57. The van der Waals surface area contributed by atoms with Gasteiger partial charge in [-0.3, -0.25) is 4.79 Å². The van der Waals surface area contributed by atoms with Crippen molar-refractivity contribution >= 4 is 11.6 Å². The van der Waals surface area contributed by atoms with E-state index in [4.69, 9.17) is 0 Å². The Morgan fingerprint density at radius 2 is 1.67 bits per heavy atom. The van der Waals surface area contributed by atoms with E-state index in [0.717, 1.165) is 5.71 Å². The van der Waals surface area contributed by atoms with Gasteiger partial charge in [0.25, 0.3) is 5.91 Å². The number of carbonyl (C=O) groups is 1. The highest BCUT2D eigenvalue weighted by Crippen LogP contribution is 2.36. The standard InChI is InChI=1S/C17H16N2O2/c1-13-12-17(21,15-10-6-3-7-11-15)19(18-13)16(20)14-8-4-2-5-9-14/h2-11,21H,12H2,1H3/t17-/m1/s1. The predicted octanol–water partition coefficient (Wildman–Crippen LogP) is 2.75. The molecule has 1 heterocycles. The first kappa shape index (κ1) is 13.5. The normalized spacial score (nSPS) is 21.2. The quantitative estimate of drug-likeness (QED) is 0.919. The van der Waals surface area contributed by atoms with Crippen LogP contribution in [0.15, 0.2) is 65.8 Å². The van der Waals surface area contributed by atoms with E-state index < -0.39 is 5.72 Å². The molecule has 0 saturated carbocycles. The summed E-state index contributed by atoms with van der Waals surface area (Å²) in [5.74, 6) is -0.307. The molecule has 1 N–H and O–H groups in total. The van der Waals surface area contributed by atoms with Crippen LogP contribution in [0.5, 0.6) is 0 Å². The molecule has 0 bridgehead atoms. The third-order valence-electron chi connectivity index (χ3n) is 3.57. The van der Waals surface area contributed by atoms with E-state index in [-0.39, 0.29) is 5.91 Å². The molecule has 4 nitrogen and oxygen atoms in total. The summed E-state index contributed by atoms with van der Waals surface area (Å²) in [5.41, 5.74) is 0.476. The molecule has 1 aliphatic rings. The summed E-state index contributed by atoms with van der Waals surface area (Å²) >= 11 is 0. The van der Waals surface area contributed by atoms with E-state index in [1.54, 1.807) is 36.4 Å². The number of nitrogens with zero attached hydrogens (tertiary/aromatic N) is 2. The minimum atomic E-state index is -1.42. The Hall–Kier alpha value is -2.46. The maximum Gasteiger partial charge on any atom is 0.276 e. The fraction of sp³-hybridized carbons (Fsp3) is 0.176. The van der Waals surface area contributed by atoms with Crippen molar-refractivity contribution in [1.82, 2.24) is 5.01 Å². The van der Waals surface area contributed by atoms with Gasteiger partial charge in [-0.25, -0.2) is 0 Å². The van der Waals surface area contributed by atoms with E-state index in [2.05, 4.69) is 5.10 Å². The van der Waals surface area contributed by atoms with Crippen LogP contribution in [0.2, 0.25) is 0 Å². The van der Waals surface area contributed by atoms with Gasteiger partial charge in [-0.05, 0) is 19.1 Å². The Labute approximate surface area is 123 Å². The summed E-state index contributed by atoms with van der Waals surface area (Å²) < 4.78 is 0. The molecule has 1 atom stereocenters. The minimum absolute atomic E-state index is 0.307. The molecular weight excluding hydrogens is 264 g/mol. The summed E-state index contributed by atoms with van der Waals surface area (Å²) in [6.45, 7) is 1.81. The Morgan fingerprint density at radius 1 is 1.10 bits per heavy atom. The molecule has 0 fully saturated rings. The molecule has 3 rings (SSSR count). The van der Waals surface area contributed by atoms with Gasteiger partial charge >= 0.3 is 0 Å². The van der Waals surface area contributed by atoms with E-state index in [0.29, 0.717) is 17.5 Å². The zero-order valence-corrected chi connectivity index (χ0v) is 11.7. The predicted molar refractivity (Wildman–Crippen MR) is 80.7 cm³/mol. The van der Waals surface area contributed by atoms with Crippen LogP contribution in [0.1, 0.15) is 29.3 Å². The van der Waals surface area contributed by atoms with Crippen molar-refractivity contribution in [3.8, 4) is 0 Å². The lowest BCUT2D eigenvalue weighted by Gasteiger charge is -2.31. The van der Waals surface area contributed by atoms with Crippen molar-refractivity contribution in [3.05, 3.63) is 71.8 Å². The number of aliphatic hydroxyl groups is 1. The summed E-state index contributed by atoms with van der Waals surface area (Å²) in [4.78, 5) is 12.6. The molecule has 0 radical (unpaired) electrons. The number of hydrogen-bond acceptors (Lipinski definition) is 3. The van der Waals surface area contributed by atoms with Crippen LogP contribution in [0.3, 0.4) is 0 Å². The van der Waals surface area contributed by atoms with Gasteiger partial charge in [0.1, 0.15) is 0 Å². The molecule has 4 heteroatoms. The van der Waals surface area contributed by atoms with Crippen molar-refractivity contribution in [2.75, 3.05) is 0 Å². The zero-order valence-electron chi connectivity index (χ0n) is 11.7. The number of hydrogen-bond donors (Lipinski definition) is 1. The molecular formula is C17H16N2O2. The summed E-state index contributed by atoms with van der Waals surface area (Å²) in [6.07, 6.45) is 0.315. The van der Waals surface area contributed by atoms with Gasteiger partial charge in [0.15, 0.2) is 5.72 Å². The molecule has 0 saturated heterocycles. The first-order valence-electron chi connectivity index (χ1n) is 6.83. The van der Waals surface area contributed by atoms with Crippen molar-refractivity contribution in [3.63, 3.8) is 0 Å². The Balaban J connectivity index is 2.01. The Kier molecular flexibility index (Phi) is 3.31. The summed E-state index contributed by atoms with van der Waals surface area (Å²) in [7, 11) is 0. The molecule has 0 unspecified atom stereocenters. The van der Waals surface area contributed by atoms with E-state index >= 15 is 0 Å². The van der Waals surface area contributed by atoms with Crippen molar-refractivity contribution in [2.24, 2.45) is 5.10 Å². The van der Waals surface area contributed by atoms with E-state index in [1.807, 2.05) is 31.2 Å². The molecule has 106 valence electrons. The molecule has 1 aliphatic heterocycles. The molecule has 0 spiro atoms. The topological polar surface area (TPSA) is 52.9 Å². The molecule has 21 heavy (non-hydrogen) atoms. The number of carbonyl (C=O) groups excluding carboxylic acids is 1. The van der Waals surface area contributed by atoms with Crippen LogP contribution in [0, 0.1) is 0 Å². The number of amides is 1. The third-order valence-corrected chi connectivity index (χ3v) is 3.57. The van der Waals surface area contributed by atoms with Gasteiger partial charge in [0, 0.05) is 23.3 Å². The second kappa shape index (κ2) is 5.14. The Bertz CT molecular complexity index is 682. The van der Waals surface area contributed by atoms with E-state index in [1.165, 1.54) is 5.01 Å². The zero-order chi connectivity index (χ0) is 14.9. The number of rotatable bonds is 2. The van der Waals surface area contributed by atoms with Gasteiger partial charge in [0.2, 0.25) is 0 Å². The average Bonchev–Trinajstić information content (AvgIpc) is 2.84. The van der Waals surface area contributed by atoms with Gasteiger partial charge < -0.3 is 5.11 Å². The minimum Gasteiger partial charge on any atom is -0.365 e. The number of benzene rings is 2. The second-order valence-corrected chi connectivity index (χ2v) is 5.18. The average molecular weight is 280 g/mol. The van der Waals surface area contributed by atoms with Crippen LogP contribution >= 0.6 is 0 Å². The lowest BCUT2D eigenvalue weighted by molar-refractivity contribution is -0.0765. The SMILES string of the molecule is CC1=NN(C(=O)c2ccccc2)[C@](O)(c2ccccc2)C1. The lowest BCUT2D eigenvalue weighted by Crippen LogP contribution is -2.43. The first-order valence-corrected chi connectivity index (χ1v) is 6.83. The smallest absolute Gasteiger partial charge is 0.276 e. The van der Waals surface area contributed by atoms with Crippen LogP contribution in [0.25, 0.3) is 0 Å². The van der Waals surface area contributed by atoms with Crippen LogP contribution in [0.4, 0.5) is 0 Å². The monoisotopic (exact) mass is 280 g/mol. The van der Waals surface area contributed by atoms with Gasteiger partial charge in [-0.1, -0.05) is 48.5 Å².